The van der Waals surface area contributed by atoms with Crippen LogP contribution in [0.1, 0.15) is 6.42 Å². The number of aliphatic imine (C=N–C) groups is 1. The average molecular weight is 244 g/mol. The molecule has 16 heavy (non-hydrogen) atoms. The fourth-order valence-corrected chi connectivity index (χ4v) is 2.67. The van der Waals surface area contributed by atoms with Crippen molar-refractivity contribution in [2.45, 2.75) is 18.8 Å². The first kappa shape index (κ1) is 10.4. The van der Waals surface area contributed by atoms with Crippen molar-refractivity contribution in [1.29, 1.82) is 0 Å². The van der Waals surface area contributed by atoms with Crippen LogP contribution in [-0.2, 0) is 4.74 Å². The lowest BCUT2D eigenvalue weighted by molar-refractivity contribution is -0.0696. The maximum absolute atomic E-state index is 9.82. The van der Waals surface area contributed by atoms with Gasteiger partial charge in [-0.15, -0.1) is 0 Å². The van der Waals surface area contributed by atoms with E-state index < -0.39 is 6.35 Å². The highest BCUT2D eigenvalue weighted by atomic mass is 35.5. The molecule has 2 saturated heterocycles. The van der Waals surface area contributed by atoms with E-state index in [-0.39, 0.29) is 0 Å². The van der Waals surface area contributed by atoms with Crippen LogP contribution in [0.15, 0.2) is 16.9 Å². The third kappa shape index (κ3) is 1.59. The van der Waals surface area contributed by atoms with Gasteiger partial charge in [-0.3, -0.25) is 0 Å². The second-order valence-corrected chi connectivity index (χ2v) is 4.59. The lowest BCUT2D eigenvalue weighted by Crippen LogP contribution is -2.56. The smallest absolute Gasteiger partial charge is 0.228 e. The first-order valence-electron chi connectivity index (χ1n) is 5.50. The zero-order valence-electron chi connectivity index (χ0n) is 8.84. The molecule has 1 unspecified atom stereocenters. The fourth-order valence-electron chi connectivity index (χ4n) is 2.49. The van der Waals surface area contributed by atoms with Crippen LogP contribution in [0, 0.1) is 0 Å². The lowest BCUT2D eigenvalue weighted by Gasteiger charge is -2.49. The predicted molar refractivity (Wildman–Crippen MR) is 60.0 cm³/mol. The van der Waals surface area contributed by atoms with Crippen LogP contribution in [0.3, 0.4) is 0 Å². The number of aliphatic hydroxyl groups excluding tert-OH is 1. The number of fused-ring (bicyclic) bond motifs is 3. The van der Waals surface area contributed by atoms with Gasteiger partial charge in [0.2, 0.25) is 6.35 Å². The highest BCUT2D eigenvalue weighted by molar-refractivity contribution is 6.68. The number of ether oxygens (including phenoxy) is 1. The molecule has 0 aliphatic carbocycles. The third-order valence-corrected chi connectivity index (χ3v) is 3.49. The average Bonchev–Trinajstić information content (AvgIpc) is 2.28. The number of hydrogen-bond donors (Lipinski definition) is 1. The highest BCUT2D eigenvalue weighted by Gasteiger charge is 2.36. The van der Waals surface area contributed by atoms with Gasteiger partial charge in [-0.2, -0.15) is 0 Å². The van der Waals surface area contributed by atoms with Crippen molar-refractivity contribution in [3.8, 4) is 0 Å². The van der Waals surface area contributed by atoms with Crippen LogP contribution >= 0.6 is 11.6 Å². The molecular weight excluding hydrogens is 230 g/mol. The summed E-state index contributed by atoms with van der Waals surface area (Å²) in [6.07, 6.45) is 1.98. The molecule has 0 radical (unpaired) electrons. The van der Waals surface area contributed by atoms with Gasteiger partial charge in [0.25, 0.3) is 0 Å². The Balaban J connectivity index is 1.91. The van der Waals surface area contributed by atoms with Crippen molar-refractivity contribution in [2.75, 3.05) is 26.3 Å². The van der Waals surface area contributed by atoms with E-state index in [9.17, 15) is 5.11 Å². The van der Waals surface area contributed by atoms with E-state index in [1.807, 2.05) is 11.0 Å². The molecular formula is C10H14ClN3O2. The molecule has 5 nitrogen and oxygen atoms in total. The fraction of sp³-hybridized carbons (Fsp3) is 0.700. The van der Waals surface area contributed by atoms with Gasteiger partial charge >= 0.3 is 0 Å². The molecule has 2 fully saturated rings. The summed E-state index contributed by atoms with van der Waals surface area (Å²) < 4.78 is 5.46. The Hall–Kier alpha value is -0.780. The molecule has 3 rings (SSSR count). The highest BCUT2D eigenvalue weighted by Crippen LogP contribution is 2.29. The van der Waals surface area contributed by atoms with E-state index in [1.54, 1.807) is 0 Å². The summed E-state index contributed by atoms with van der Waals surface area (Å²) in [4.78, 5) is 8.07. The van der Waals surface area contributed by atoms with Crippen LogP contribution in [0.25, 0.3) is 0 Å². The maximum Gasteiger partial charge on any atom is 0.228 e. The third-order valence-electron chi connectivity index (χ3n) is 3.29. The van der Waals surface area contributed by atoms with Gasteiger partial charge in [0.15, 0.2) is 0 Å². The topological polar surface area (TPSA) is 48.3 Å². The minimum absolute atomic E-state index is 0.367. The predicted octanol–water partition coefficient (Wildman–Crippen LogP) is 0.161. The van der Waals surface area contributed by atoms with Gasteiger partial charge < -0.3 is 19.6 Å². The summed E-state index contributed by atoms with van der Waals surface area (Å²) in [5.74, 6) is 0.979. The minimum atomic E-state index is -0.837. The van der Waals surface area contributed by atoms with Gasteiger partial charge in [-0.25, -0.2) is 4.99 Å². The largest absolute Gasteiger partial charge is 0.377 e. The normalized spacial score (nSPS) is 33.9. The van der Waals surface area contributed by atoms with Crippen LogP contribution in [0.5, 0.6) is 0 Å². The van der Waals surface area contributed by atoms with E-state index in [0.717, 1.165) is 38.5 Å². The van der Waals surface area contributed by atoms with Gasteiger partial charge in [0, 0.05) is 19.2 Å². The summed E-state index contributed by atoms with van der Waals surface area (Å²) in [6, 6.07) is 0.408. The minimum Gasteiger partial charge on any atom is -0.377 e. The summed E-state index contributed by atoms with van der Waals surface area (Å²) in [5.41, 5.74) is 0. The van der Waals surface area contributed by atoms with E-state index in [1.165, 1.54) is 0 Å². The Morgan fingerprint density at radius 1 is 1.44 bits per heavy atom. The summed E-state index contributed by atoms with van der Waals surface area (Å²) >= 11 is 5.89. The first-order chi connectivity index (χ1) is 7.75. The van der Waals surface area contributed by atoms with Crippen molar-refractivity contribution < 1.29 is 9.84 Å². The summed E-state index contributed by atoms with van der Waals surface area (Å²) in [7, 11) is 0. The maximum atomic E-state index is 9.82. The number of aliphatic hydroxyl groups is 1. The molecule has 3 heterocycles. The Bertz CT molecular complexity index is 358. The first-order valence-corrected chi connectivity index (χ1v) is 5.87. The standard InChI is InChI=1S/C10H14ClN3O2/c11-8-5-9-13-3-4-16-6-7(13)1-2-14(9)10(15)12-8/h5,7,10,15H,1-4,6H2/t7-,10?/m0/s1. The number of allylic oxidation sites excluding steroid dienone is 1. The Morgan fingerprint density at radius 2 is 2.31 bits per heavy atom. The zero-order valence-corrected chi connectivity index (χ0v) is 9.60. The second-order valence-electron chi connectivity index (χ2n) is 4.20. The summed E-state index contributed by atoms with van der Waals surface area (Å²) in [6.45, 7) is 3.14. The molecule has 3 aliphatic heterocycles. The molecule has 0 aromatic rings. The van der Waals surface area contributed by atoms with Gasteiger partial charge in [0.05, 0.1) is 19.3 Å². The Kier molecular flexibility index (Phi) is 2.53. The molecule has 3 aliphatic rings. The van der Waals surface area contributed by atoms with Gasteiger partial charge in [0.1, 0.15) is 11.0 Å². The molecule has 0 amide bonds. The Labute approximate surface area is 98.9 Å². The number of hydrogen-bond acceptors (Lipinski definition) is 5. The molecule has 0 spiro atoms. The molecule has 0 bridgehead atoms. The van der Waals surface area contributed by atoms with Crippen molar-refractivity contribution in [3.63, 3.8) is 0 Å². The number of halogens is 1. The Morgan fingerprint density at radius 3 is 3.19 bits per heavy atom. The quantitative estimate of drug-likeness (QED) is 0.659. The number of nitrogens with zero attached hydrogens (tertiary/aromatic N) is 3. The zero-order chi connectivity index (χ0) is 11.1. The monoisotopic (exact) mass is 243 g/mol. The van der Waals surface area contributed by atoms with Crippen LogP contribution in [0.4, 0.5) is 0 Å². The molecule has 0 saturated carbocycles. The van der Waals surface area contributed by atoms with E-state index in [0.29, 0.717) is 11.2 Å². The van der Waals surface area contributed by atoms with Crippen molar-refractivity contribution in [1.82, 2.24) is 9.80 Å². The van der Waals surface area contributed by atoms with Crippen molar-refractivity contribution in [2.24, 2.45) is 4.99 Å². The molecule has 2 atom stereocenters. The van der Waals surface area contributed by atoms with E-state index >= 15 is 0 Å². The lowest BCUT2D eigenvalue weighted by atomic mass is 10.1. The van der Waals surface area contributed by atoms with Crippen molar-refractivity contribution in [3.05, 3.63) is 11.9 Å². The van der Waals surface area contributed by atoms with Gasteiger partial charge in [-0.1, -0.05) is 11.6 Å². The molecule has 0 aromatic heterocycles. The second kappa shape index (κ2) is 3.91. The number of rotatable bonds is 0. The summed E-state index contributed by atoms with van der Waals surface area (Å²) in [5, 5.41) is 10.2. The van der Waals surface area contributed by atoms with Gasteiger partial charge in [-0.05, 0) is 6.42 Å². The van der Waals surface area contributed by atoms with Crippen LogP contribution in [0.2, 0.25) is 0 Å². The molecule has 1 N–H and O–H groups in total. The molecule has 88 valence electrons. The van der Waals surface area contributed by atoms with E-state index in [4.69, 9.17) is 16.3 Å². The number of morpholine rings is 1. The SMILES string of the molecule is OC1N=C(Cl)C=C2N1CC[C@H]1COCCN21. The van der Waals surface area contributed by atoms with E-state index in [2.05, 4.69) is 9.89 Å². The van der Waals surface area contributed by atoms with Crippen molar-refractivity contribution >= 4 is 16.8 Å². The van der Waals surface area contributed by atoms with Crippen LogP contribution < -0.4 is 0 Å². The van der Waals surface area contributed by atoms with Crippen LogP contribution in [-0.4, -0.2) is 58.8 Å². The molecule has 0 aromatic carbocycles. The molecule has 6 heteroatoms.